The van der Waals surface area contributed by atoms with Gasteiger partial charge in [-0.3, -0.25) is 4.98 Å². The van der Waals surface area contributed by atoms with Crippen LogP contribution >= 0.6 is 0 Å². The third-order valence-corrected chi connectivity index (χ3v) is 1.73. The van der Waals surface area contributed by atoms with Gasteiger partial charge < -0.3 is 5.32 Å². The minimum absolute atomic E-state index is 0.576. The van der Waals surface area contributed by atoms with Crippen LogP contribution in [0.3, 0.4) is 0 Å². The molecule has 1 N–H and O–H groups in total. The SMILES string of the molecule is N#CCCNCCc1cccnc1. The molecule has 13 heavy (non-hydrogen) atoms. The first-order chi connectivity index (χ1) is 6.43. The molecule has 1 aromatic rings. The molecule has 0 unspecified atom stereocenters. The summed E-state index contributed by atoms with van der Waals surface area (Å²) in [5.41, 5.74) is 1.23. The van der Waals surface area contributed by atoms with E-state index >= 15 is 0 Å². The Kier molecular flexibility index (Phi) is 4.58. The summed E-state index contributed by atoms with van der Waals surface area (Å²) in [5.74, 6) is 0. The number of hydrogen-bond acceptors (Lipinski definition) is 3. The third kappa shape index (κ3) is 4.24. The van der Waals surface area contributed by atoms with Crippen molar-refractivity contribution < 1.29 is 0 Å². The monoisotopic (exact) mass is 175 g/mol. The van der Waals surface area contributed by atoms with Crippen LogP contribution in [0, 0.1) is 11.3 Å². The van der Waals surface area contributed by atoms with E-state index < -0.39 is 0 Å². The van der Waals surface area contributed by atoms with Crippen LogP contribution in [0.2, 0.25) is 0 Å². The van der Waals surface area contributed by atoms with Crippen molar-refractivity contribution in [2.45, 2.75) is 12.8 Å². The van der Waals surface area contributed by atoms with Crippen LogP contribution in [0.1, 0.15) is 12.0 Å². The molecule has 0 aromatic carbocycles. The molecule has 0 bridgehead atoms. The second-order valence-electron chi connectivity index (χ2n) is 2.77. The second kappa shape index (κ2) is 6.15. The maximum Gasteiger partial charge on any atom is 0.0635 e. The molecule has 3 heteroatoms. The molecule has 0 amide bonds. The highest BCUT2D eigenvalue weighted by Gasteiger charge is 1.90. The quantitative estimate of drug-likeness (QED) is 0.682. The van der Waals surface area contributed by atoms with E-state index in [2.05, 4.69) is 22.4 Å². The Labute approximate surface area is 78.4 Å². The van der Waals surface area contributed by atoms with Crippen LogP contribution in [0.25, 0.3) is 0 Å². The summed E-state index contributed by atoms with van der Waals surface area (Å²) in [6.07, 6.45) is 5.19. The average molecular weight is 175 g/mol. The van der Waals surface area contributed by atoms with Crippen LogP contribution < -0.4 is 5.32 Å². The van der Waals surface area contributed by atoms with E-state index in [9.17, 15) is 0 Å². The fraction of sp³-hybridized carbons (Fsp3) is 0.400. The first kappa shape index (κ1) is 9.69. The maximum absolute atomic E-state index is 8.28. The minimum atomic E-state index is 0.576. The lowest BCUT2D eigenvalue weighted by Gasteiger charge is -2.01. The van der Waals surface area contributed by atoms with Crippen molar-refractivity contribution >= 4 is 0 Å². The molecule has 3 nitrogen and oxygen atoms in total. The Hall–Kier alpha value is -1.40. The van der Waals surface area contributed by atoms with Crippen LogP contribution in [-0.4, -0.2) is 18.1 Å². The molecular weight excluding hydrogens is 162 g/mol. The van der Waals surface area contributed by atoms with Crippen LogP contribution in [0.4, 0.5) is 0 Å². The van der Waals surface area contributed by atoms with Crippen molar-refractivity contribution in [3.63, 3.8) is 0 Å². The molecule has 1 aromatic heterocycles. The number of hydrogen-bond donors (Lipinski definition) is 1. The van der Waals surface area contributed by atoms with Crippen molar-refractivity contribution in [3.05, 3.63) is 30.1 Å². The predicted molar refractivity (Wildman–Crippen MR) is 51.0 cm³/mol. The highest BCUT2D eigenvalue weighted by Crippen LogP contribution is 1.94. The number of aromatic nitrogens is 1. The van der Waals surface area contributed by atoms with E-state index in [0.717, 1.165) is 19.5 Å². The first-order valence-electron chi connectivity index (χ1n) is 4.40. The summed E-state index contributed by atoms with van der Waals surface area (Å²) in [6, 6.07) is 6.08. The first-order valence-corrected chi connectivity index (χ1v) is 4.40. The molecule has 0 saturated heterocycles. The van der Waals surface area contributed by atoms with E-state index in [1.807, 2.05) is 12.3 Å². The van der Waals surface area contributed by atoms with Gasteiger partial charge in [0.15, 0.2) is 0 Å². The average Bonchev–Trinajstić information content (AvgIpc) is 2.19. The van der Waals surface area contributed by atoms with Crippen LogP contribution in [0.15, 0.2) is 24.5 Å². The van der Waals surface area contributed by atoms with E-state index in [1.165, 1.54) is 5.56 Å². The largest absolute Gasteiger partial charge is 0.315 e. The number of nitriles is 1. The summed E-state index contributed by atoms with van der Waals surface area (Å²) in [5, 5.41) is 11.5. The lowest BCUT2D eigenvalue weighted by molar-refractivity contribution is 0.691. The lowest BCUT2D eigenvalue weighted by atomic mass is 10.2. The Morgan fingerprint density at radius 3 is 3.08 bits per heavy atom. The lowest BCUT2D eigenvalue weighted by Crippen LogP contribution is -2.18. The molecule has 0 fully saturated rings. The fourth-order valence-corrected chi connectivity index (χ4v) is 1.05. The van der Waals surface area contributed by atoms with E-state index in [0.29, 0.717) is 6.42 Å². The van der Waals surface area contributed by atoms with Gasteiger partial charge in [-0.25, -0.2) is 0 Å². The molecular formula is C10H13N3. The maximum atomic E-state index is 8.28. The Balaban J connectivity index is 2.11. The topological polar surface area (TPSA) is 48.7 Å². The van der Waals surface area contributed by atoms with Crippen LogP contribution in [-0.2, 0) is 6.42 Å². The van der Waals surface area contributed by atoms with Gasteiger partial charge in [-0.2, -0.15) is 5.26 Å². The molecule has 0 spiro atoms. The zero-order valence-electron chi connectivity index (χ0n) is 7.53. The summed E-state index contributed by atoms with van der Waals surface area (Å²) < 4.78 is 0. The highest BCUT2D eigenvalue weighted by atomic mass is 14.8. The van der Waals surface area contributed by atoms with Gasteiger partial charge in [0.1, 0.15) is 0 Å². The van der Waals surface area contributed by atoms with Gasteiger partial charge in [0.05, 0.1) is 6.07 Å². The van der Waals surface area contributed by atoms with Crippen molar-refractivity contribution in [3.8, 4) is 6.07 Å². The number of nitrogens with zero attached hydrogens (tertiary/aromatic N) is 2. The predicted octanol–water partition coefficient (Wildman–Crippen LogP) is 1.13. The molecule has 68 valence electrons. The normalized spacial score (nSPS) is 9.46. The van der Waals surface area contributed by atoms with E-state index in [1.54, 1.807) is 6.20 Å². The molecule has 0 radical (unpaired) electrons. The van der Waals surface area contributed by atoms with Gasteiger partial charge in [0.25, 0.3) is 0 Å². The van der Waals surface area contributed by atoms with Gasteiger partial charge in [0, 0.05) is 25.4 Å². The number of nitrogens with one attached hydrogen (secondary N) is 1. The van der Waals surface area contributed by atoms with Gasteiger partial charge >= 0.3 is 0 Å². The number of rotatable bonds is 5. The molecule has 0 aliphatic rings. The standard InChI is InChI=1S/C10H13N3/c11-5-2-7-12-8-4-10-3-1-6-13-9-10/h1,3,6,9,12H,2,4,7-8H2. The molecule has 0 aliphatic heterocycles. The molecule has 0 aliphatic carbocycles. The Morgan fingerprint density at radius 1 is 1.46 bits per heavy atom. The van der Waals surface area contributed by atoms with E-state index in [-0.39, 0.29) is 0 Å². The van der Waals surface area contributed by atoms with Crippen molar-refractivity contribution in [1.82, 2.24) is 10.3 Å². The van der Waals surface area contributed by atoms with Crippen molar-refractivity contribution in [1.29, 1.82) is 5.26 Å². The highest BCUT2D eigenvalue weighted by molar-refractivity contribution is 5.08. The van der Waals surface area contributed by atoms with Gasteiger partial charge in [-0.15, -0.1) is 0 Å². The van der Waals surface area contributed by atoms with E-state index in [4.69, 9.17) is 5.26 Å². The molecule has 0 atom stereocenters. The third-order valence-electron chi connectivity index (χ3n) is 1.73. The zero-order valence-corrected chi connectivity index (χ0v) is 7.53. The summed E-state index contributed by atoms with van der Waals surface area (Å²) in [7, 11) is 0. The van der Waals surface area contributed by atoms with Gasteiger partial charge in [-0.05, 0) is 24.6 Å². The summed E-state index contributed by atoms with van der Waals surface area (Å²) in [4.78, 5) is 4.02. The van der Waals surface area contributed by atoms with Crippen molar-refractivity contribution in [2.75, 3.05) is 13.1 Å². The summed E-state index contributed by atoms with van der Waals surface area (Å²) >= 11 is 0. The molecule has 0 saturated carbocycles. The Bertz CT molecular complexity index is 263. The van der Waals surface area contributed by atoms with Crippen LogP contribution in [0.5, 0.6) is 0 Å². The zero-order chi connectivity index (χ0) is 9.36. The Morgan fingerprint density at radius 2 is 2.38 bits per heavy atom. The number of pyridine rings is 1. The van der Waals surface area contributed by atoms with Gasteiger partial charge in [-0.1, -0.05) is 6.07 Å². The van der Waals surface area contributed by atoms with Gasteiger partial charge in [0.2, 0.25) is 0 Å². The molecule has 1 heterocycles. The second-order valence-corrected chi connectivity index (χ2v) is 2.77. The minimum Gasteiger partial charge on any atom is -0.315 e. The molecule has 1 rings (SSSR count). The fourth-order valence-electron chi connectivity index (χ4n) is 1.05. The summed E-state index contributed by atoms with van der Waals surface area (Å²) in [6.45, 7) is 1.68. The smallest absolute Gasteiger partial charge is 0.0635 e. The van der Waals surface area contributed by atoms with Crippen molar-refractivity contribution in [2.24, 2.45) is 0 Å².